The van der Waals surface area contributed by atoms with E-state index in [0.29, 0.717) is 13.1 Å². The van der Waals surface area contributed by atoms with Crippen LogP contribution in [0.25, 0.3) is 0 Å². The molecule has 2 rings (SSSR count). The zero-order valence-electron chi connectivity index (χ0n) is 10.9. The van der Waals surface area contributed by atoms with Gasteiger partial charge in [-0.25, -0.2) is 8.42 Å². The predicted octanol–water partition coefficient (Wildman–Crippen LogP) is 0.204. The maximum Gasteiger partial charge on any atom is 0.241 e. The van der Waals surface area contributed by atoms with Crippen molar-refractivity contribution in [2.24, 2.45) is 0 Å². The van der Waals surface area contributed by atoms with Gasteiger partial charge in [-0.15, -0.1) is 0 Å². The molecule has 1 N–H and O–H groups in total. The van der Waals surface area contributed by atoms with Gasteiger partial charge in [0.25, 0.3) is 0 Å². The largest absolute Gasteiger partial charge is 0.358 e. The average Bonchev–Trinajstić information content (AvgIpc) is 2.42. The molecule has 1 aromatic carbocycles. The second-order valence-electron chi connectivity index (χ2n) is 4.62. The highest BCUT2D eigenvalue weighted by atomic mass is 32.2. The van der Waals surface area contributed by atoms with Crippen LogP contribution in [0.4, 0.5) is 0 Å². The Balaban J connectivity index is 2.23. The molecule has 1 atom stereocenters. The smallest absolute Gasteiger partial charge is 0.241 e. The van der Waals surface area contributed by atoms with E-state index in [4.69, 9.17) is 0 Å². The SMILES string of the molecule is CNC(=O)[C@H](c1ccccc1)N1CCS(=O)(=O)CC1. The molecule has 1 aliphatic heterocycles. The van der Waals surface area contributed by atoms with E-state index in [2.05, 4.69) is 5.32 Å². The number of benzene rings is 1. The van der Waals surface area contributed by atoms with Gasteiger partial charge in [-0.3, -0.25) is 9.69 Å². The first-order valence-corrected chi connectivity index (χ1v) is 8.06. The Kier molecular flexibility index (Phi) is 4.21. The van der Waals surface area contributed by atoms with E-state index >= 15 is 0 Å². The maximum atomic E-state index is 12.1. The van der Waals surface area contributed by atoms with Gasteiger partial charge in [0.05, 0.1) is 11.5 Å². The summed E-state index contributed by atoms with van der Waals surface area (Å²) >= 11 is 0. The topological polar surface area (TPSA) is 66.5 Å². The molecule has 0 saturated carbocycles. The van der Waals surface area contributed by atoms with Crippen molar-refractivity contribution in [1.29, 1.82) is 0 Å². The fraction of sp³-hybridized carbons (Fsp3) is 0.462. The van der Waals surface area contributed by atoms with Crippen molar-refractivity contribution in [3.63, 3.8) is 0 Å². The van der Waals surface area contributed by atoms with Gasteiger partial charge in [-0.1, -0.05) is 30.3 Å². The number of sulfone groups is 1. The number of carbonyl (C=O) groups is 1. The van der Waals surface area contributed by atoms with Crippen LogP contribution in [0.15, 0.2) is 30.3 Å². The van der Waals surface area contributed by atoms with Crippen LogP contribution in [0, 0.1) is 0 Å². The molecule has 1 aromatic rings. The van der Waals surface area contributed by atoms with E-state index in [1.54, 1.807) is 7.05 Å². The summed E-state index contributed by atoms with van der Waals surface area (Å²) in [6, 6.07) is 9.02. The summed E-state index contributed by atoms with van der Waals surface area (Å²) in [5, 5.41) is 2.65. The Morgan fingerprint density at radius 1 is 1.21 bits per heavy atom. The van der Waals surface area contributed by atoms with E-state index in [1.807, 2.05) is 35.2 Å². The monoisotopic (exact) mass is 282 g/mol. The Bertz CT molecular complexity index is 528. The molecule has 0 radical (unpaired) electrons. The molecule has 1 heterocycles. The second kappa shape index (κ2) is 5.71. The molecule has 6 heteroatoms. The summed E-state index contributed by atoms with van der Waals surface area (Å²) in [6.07, 6.45) is 0. The van der Waals surface area contributed by atoms with Crippen LogP contribution in [0.2, 0.25) is 0 Å². The third-order valence-corrected chi connectivity index (χ3v) is 4.96. The van der Waals surface area contributed by atoms with E-state index in [-0.39, 0.29) is 17.4 Å². The third kappa shape index (κ3) is 3.33. The first kappa shape index (κ1) is 14.0. The summed E-state index contributed by atoms with van der Waals surface area (Å²) in [5.41, 5.74) is 0.890. The van der Waals surface area contributed by atoms with Crippen LogP contribution < -0.4 is 5.32 Å². The van der Waals surface area contributed by atoms with Crippen LogP contribution in [0.1, 0.15) is 11.6 Å². The van der Waals surface area contributed by atoms with Gasteiger partial charge in [0, 0.05) is 20.1 Å². The molecule has 104 valence electrons. The lowest BCUT2D eigenvalue weighted by Gasteiger charge is -2.33. The lowest BCUT2D eigenvalue weighted by atomic mass is 10.0. The van der Waals surface area contributed by atoms with Crippen LogP contribution >= 0.6 is 0 Å². The predicted molar refractivity (Wildman–Crippen MR) is 73.5 cm³/mol. The quantitative estimate of drug-likeness (QED) is 0.860. The van der Waals surface area contributed by atoms with E-state index in [0.717, 1.165) is 5.56 Å². The fourth-order valence-corrected chi connectivity index (χ4v) is 3.51. The molecule has 1 fully saturated rings. The molecule has 0 unspecified atom stereocenters. The Morgan fingerprint density at radius 3 is 2.32 bits per heavy atom. The zero-order valence-corrected chi connectivity index (χ0v) is 11.7. The number of hydrogen-bond acceptors (Lipinski definition) is 4. The van der Waals surface area contributed by atoms with Gasteiger partial charge in [0.2, 0.25) is 5.91 Å². The molecule has 0 aromatic heterocycles. The zero-order chi connectivity index (χ0) is 13.9. The highest BCUT2D eigenvalue weighted by molar-refractivity contribution is 7.91. The highest BCUT2D eigenvalue weighted by Gasteiger charge is 2.31. The summed E-state index contributed by atoms with van der Waals surface area (Å²) in [5.74, 6) is 0.131. The summed E-state index contributed by atoms with van der Waals surface area (Å²) in [7, 11) is -1.34. The van der Waals surface area contributed by atoms with Crippen LogP contribution in [0.5, 0.6) is 0 Å². The number of likely N-dealkylation sites (N-methyl/N-ethyl adjacent to an activating group) is 1. The van der Waals surface area contributed by atoms with Crippen molar-refractivity contribution in [2.45, 2.75) is 6.04 Å². The second-order valence-corrected chi connectivity index (χ2v) is 6.92. The summed E-state index contributed by atoms with van der Waals surface area (Å²) in [6.45, 7) is 0.796. The molecule has 19 heavy (non-hydrogen) atoms. The number of rotatable bonds is 3. The summed E-state index contributed by atoms with van der Waals surface area (Å²) < 4.78 is 22.9. The number of nitrogens with zero attached hydrogens (tertiary/aromatic N) is 1. The average molecular weight is 282 g/mol. The molecule has 0 bridgehead atoms. The van der Waals surface area contributed by atoms with Crippen molar-refractivity contribution >= 4 is 15.7 Å². The summed E-state index contributed by atoms with van der Waals surface area (Å²) in [4.78, 5) is 14.0. The number of nitrogens with one attached hydrogen (secondary N) is 1. The normalized spacial score (nSPS) is 20.7. The first-order valence-electron chi connectivity index (χ1n) is 6.24. The van der Waals surface area contributed by atoms with Gasteiger partial charge in [-0.05, 0) is 5.56 Å². The van der Waals surface area contributed by atoms with Crippen molar-refractivity contribution in [2.75, 3.05) is 31.6 Å². The molecule has 0 aliphatic carbocycles. The fourth-order valence-electron chi connectivity index (χ4n) is 2.28. The molecule has 1 saturated heterocycles. The molecule has 0 spiro atoms. The molecule has 1 amide bonds. The minimum Gasteiger partial charge on any atom is -0.358 e. The third-order valence-electron chi connectivity index (χ3n) is 3.35. The Hall–Kier alpha value is -1.40. The van der Waals surface area contributed by atoms with Gasteiger partial charge in [0.15, 0.2) is 9.84 Å². The number of hydrogen-bond donors (Lipinski definition) is 1. The minimum atomic E-state index is -2.94. The molecule has 1 aliphatic rings. The standard InChI is InChI=1S/C13H18N2O3S/c1-14-13(16)12(11-5-3-2-4-6-11)15-7-9-19(17,18)10-8-15/h2-6,12H,7-10H2,1H3,(H,14,16)/t12-/m0/s1. The van der Waals surface area contributed by atoms with Crippen molar-refractivity contribution < 1.29 is 13.2 Å². The van der Waals surface area contributed by atoms with E-state index in [1.165, 1.54) is 0 Å². The van der Waals surface area contributed by atoms with Gasteiger partial charge in [-0.2, -0.15) is 0 Å². The minimum absolute atomic E-state index is 0.106. The maximum absolute atomic E-state index is 12.1. The molecular weight excluding hydrogens is 264 g/mol. The number of carbonyl (C=O) groups excluding carboxylic acids is 1. The van der Waals surface area contributed by atoms with Crippen LogP contribution in [-0.2, 0) is 14.6 Å². The highest BCUT2D eigenvalue weighted by Crippen LogP contribution is 2.22. The Morgan fingerprint density at radius 2 is 1.79 bits per heavy atom. The van der Waals surface area contributed by atoms with Gasteiger partial charge >= 0.3 is 0 Å². The van der Waals surface area contributed by atoms with Crippen molar-refractivity contribution in [3.8, 4) is 0 Å². The van der Waals surface area contributed by atoms with Gasteiger partial charge < -0.3 is 5.32 Å². The van der Waals surface area contributed by atoms with Gasteiger partial charge in [0.1, 0.15) is 6.04 Å². The first-order chi connectivity index (χ1) is 9.03. The lowest BCUT2D eigenvalue weighted by Crippen LogP contribution is -2.47. The Labute approximate surface area is 113 Å². The molecular formula is C13H18N2O3S. The van der Waals surface area contributed by atoms with E-state index < -0.39 is 15.9 Å². The van der Waals surface area contributed by atoms with Crippen LogP contribution in [0.3, 0.4) is 0 Å². The van der Waals surface area contributed by atoms with Crippen LogP contribution in [-0.4, -0.2) is 50.9 Å². The molecule has 5 nitrogen and oxygen atoms in total. The van der Waals surface area contributed by atoms with E-state index in [9.17, 15) is 13.2 Å². The number of amides is 1. The van der Waals surface area contributed by atoms with Crippen molar-refractivity contribution in [1.82, 2.24) is 10.2 Å². The van der Waals surface area contributed by atoms with Crippen molar-refractivity contribution in [3.05, 3.63) is 35.9 Å². The lowest BCUT2D eigenvalue weighted by molar-refractivity contribution is -0.126.